The van der Waals surface area contributed by atoms with Crippen molar-refractivity contribution >= 4 is 10.0 Å². The van der Waals surface area contributed by atoms with Gasteiger partial charge in [-0.15, -0.1) is 0 Å². The number of aliphatic hydroxyl groups is 1. The predicted octanol–water partition coefficient (Wildman–Crippen LogP) is 1.27. The minimum atomic E-state index is -3.43. The maximum Gasteiger partial charge on any atom is 0.244 e. The molecule has 1 aromatic heterocycles. The molecule has 0 radical (unpaired) electrons. The van der Waals surface area contributed by atoms with Crippen LogP contribution in [0.25, 0.3) is 0 Å². The molecule has 1 aromatic rings. The van der Waals surface area contributed by atoms with E-state index >= 15 is 0 Å². The van der Waals surface area contributed by atoms with Gasteiger partial charge in [0.2, 0.25) is 10.0 Å². The molecule has 2 heterocycles. The van der Waals surface area contributed by atoms with Crippen LogP contribution in [0.3, 0.4) is 0 Å². The van der Waals surface area contributed by atoms with Crippen LogP contribution in [-0.2, 0) is 16.6 Å². The van der Waals surface area contributed by atoms with Crippen LogP contribution in [0.15, 0.2) is 29.3 Å². The second-order valence-electron chi connectivity index (χ2n) is 5.09. The summed E-state index contributed by atoms with van der Waals surface area (Å²) in [5.41, 5.74) is 0.689. The smallest absolute Gasteiger partial charge is 0.244 e. The Morgan fingerprint density at radius 1 is 1.32 bits per heavy atom. The average Bonchev–Trinajstić information content (AvgIpc) is 3.18. The summed E-state index contributed by atoms with van der Waals surface area (Å²) in [5.74, 6) is 0. The van der Waals surface area contributed by atoms with Crippen LogP contribution >= 0.6 is 0 Å². The SMILES string of the molecule is O=S(=O)(c1cc(CO)n(C2CC2)c1)N1CC=CCC1. The number of hydrogen-bond donors (Lipinski definition) is 1. The Bertz CT molecular complexity index is 599. The number of aliphatic hydroxyl groups excluding tert-OH is 1. The molecule has 0 saturated heterocycles. The summed E-state index contributed by atoms with van der Waals surface area (Å²) in [6.07, 6.45) is 8.44. The molecule has 104 valence electrons. The molecule has 0 atom stereocenters. The predicted molar refractivity (Wildman–Crippen MR) is 71.1 cm³/mol. The second-order valence-corrected chi connectivity index (χ2v) is 7.02. The number of nitrogens with zero attached hydrogens (tertiary/aromatic N) is 2. The van der Waals surface area contributed by atoms with E-state index in [1.54, 1.807) is 12.3 Å². The number of hydrogen-bond acceptors (Lipinski definition) is 3. The van der Waals surface area contributed by atoms with Crippen molar-refractivity contribution in [1.29, 1.82) is 0 Å². The van der Waals surface area contributed by atoms with Gasteiger partial charge in [0, 0.05) is 31.0 Å². The Morgan fingerprint density at radius 3 is 2.68 bits per heavy atom. The van der Waals surface area contributed by atoms with E-state index in [-0.39, 0.29) is 6.61 Å². The zero-order valence-corrected chi connectivity index (χ0v) is 11.5. The van der Waals surface area contributed by atoms with Crippen LogP contribution in [0.4, 0.5) is 0 Å². The van der Waals surface area contributed by atoms with Crippen molar-refractivity contribution in [2.75, 3.05) is 13.1 Å². The number of rotatable bonds is 4. The summed E-state index contributed by atoms with van der Waals surface area (Å²) in [6, 6.07) is 1.97. The van der Waals surface area contributed by atoms with E-state index in [2.05, 4.69) is 0 Å². The van der Waals surface area contributed by atoms with Gasteiger partial charge in [0.1, 0.15) is 4.90 Å². The molecule has 1 N–H and O–H groups in total. The summed E-state index contributed by atoms with van der Waals surface area (Å²) in [7, 11) is -3.43. The lowest BCUT2D eigenvalue weighted by Crippen LogP contribution is -2.33. The molecule has 5 nitrogen and oxygen atoms in total. The maximum absolute atomic E-state index is 12.5. The zero-order valence-electron chi connectivity index (χ0n) is 10.7. The highest BCUT2D eigenvalue weighted by Crippen LogP contribution is 2.37. The van der Waals surface area contributed by atoms with Gasteiger partial charge in [-0.3, -0.25) is 0 Å². The third-order valence-electron chi connectivity index (χ3n) is 3.67. The molecule has 6 heteroatoms. The number of sulfonamides is 1. The first-order valence-corrected chi connectivity index (χ1v) is 8.03. The van der Waals surface area contributed by atoms with Crippen molar-refractivity contribution in [2.45, 2.75) is 36.8 Å². The van der Waals surface area contributed by atoms with Crippen LogP contribution in [0.1, 0.15) is 31.0 Å². The first kappa shape index (κ1) is 12.9. The Kier molecular flexibility index (Phi) is 3.24. The van der Waals surface area contributed by atoms with E-state index < -0.39 is 10.0 Å². The fraction of sp³-hybridized carbons (Fsp3) is 0.538. The summed E-state index contributed by atoms with van der Waals surface area (Å²) in [4.78, 5) is 0.304. The second kappa shape index (κ2) is 4.77. The Morgan fingerprint density at radius 2 is 2.11 bits per heavy atom. The fourth-order valence-corrected chi connectivity index (χ4v) is 3.90. The standard InChI is InChI=1S/C13H18N2O3S/c16-10-12-8-13(9-15(12)11-4-5-11)19(17,18)14-6-2-1-3-7-14/h1-2,8-9,11,16H,3-7,10H2. The molecule has 1 aliphatic carbocycles. The quantitative estimate of drug-likeness (QED) is 0.846. The molecular weight excluding hydrogens is 264 g/mol. The molecule has 2 aliphatic rings. The highest BCUT2D eigenvalue weighted by atomic mass is 32.2. The van der Waals surface area contributed by atoms with E-state index in [1.165, 1.54) is 4.31 Å². The van der Waals surface area contributed by atoms with Crippen LogP contribution < -0.4 is 0 Å². The monoisotopic (exact) mass is 282 g/mol. The normalized spacial score (nSPS) is 20.9. The molecule has 1 saturated carbocycles. The van der Waals surface area contributed by atoms with Crippen molar-refractivity contribution < 1.29 is 13.5 Å². The molecule has 19 heavy (non-hydrogen) atoms. The molecule has 0 bridgehead atoms. The lowest BCUT2D eigenvalue weighted by molar-refractivity contribution is 0.270. The minimum absolute atomic E-state index is 0.119. The largest absolute Gasteiger partial charge is 0.390 e. The van der Waals surface area contributed by atoms with Crippen LogP contribution in [0, 0.1) is 0 Å². The van der Waals surface area contributed by atoms with Crippen molar-refractivity contribution in [3.8, 4) is 0 Å². The topological polar surface area (TPSA) is 62.5 Å². The lowest BCUT2D eigenvalue weighted by Gasteiger charge is -2.21. The number of aromatic nitrogens is 1. The fourth-order valence-electron chi connectivity index (χ4n) is 2.44. The van der Waals surface area contributed by atoms with Gasteiger partial charge >= 0.3 is 0 Å². The van der Waals surface area contributed by atoms with Gasteiger partial charge in [0.15, 0.2) is 0 Å². The van der Waals surface area contributed by atoms with Gasteiger partial charge < -0.3 is 9.67 Å². The Labute approximate surface area is 113 Å². The molecule has 0 aromatic carbocycles. The summed E-state index contributed by atoms with van der Waals surface area (Å²) in [5, 5.41) is 9.34. The van der Waals surface area contributed by atoms with Crippen LogP contribution in [-0.4, -0.2) is 35.5 Å². The molecule has 3 rings (SSSR count). The summed E-state index contributed by atoms with van der Waals surface area (Å²) in [6.45, 7) is 0.846. The summed E-state index contributed by atoms with van der Waals surface area (Å²) < 4.78 is 28.4. The lowest BCUT2D eigenvalue weighted by atomic mass is 10.3. The highest BCUT2D eigenvalue weighted by molar-refractivity contribution is 7.89. The molecule has 1 aliphatic heterocycles. The van der Waals surface area contributed by atoms with Crippen molar-refractivity contribution in [1.82, 2.24) is 8.87 Å². The first-order valence-electron chi connectivity index (χ1n) is 6.59. The first-order chi connectivity index (χ1) is 9.13. The molecular formula is C13H18N2O3S. The van der Waals surface area contributed by atoms with E-state index in [0.29, 0.717) is 29.7 Å². The van der Waals surface area contributed by atoms with Gasteiger partial charge in [-0.1, -0.05) is 12.2 Å². The van der Waals surface area contributed by atoms with E-state index in [9.17, 15) is 13.5 Å². The van der Waals surface area contributed by atoms with Crippen LogP contribution in [0.5, 0.6) is 0 Å². The van der Waals surface area contributed by atoms with Crippen molar-refractivity contribution in [2.24, 2.45) is 0 Å². The molecule has 0 spiro atoms. The molecule has 1 fully saturated rings. The van der Waals surface area contributed by atoms with Crippen molar-refractivity contribution in [3.63, 3.8) is 0 Å². The van der Waals surface area contributed by atoms with Gasteiger partial charge in [-0.25, -0.2) is 8.42 Å². The Balaban J connectivity index is 1.94. The van der Waals surface area contributed by atoms with Gasteiger partial charge in [0.25, 0.3) is 0 Å². The minimum Gasteiger partial charge on any atom is -0.390 e. The maximum atomic E-state index is 12.5. The van der Waals surface area contributed by atoms with E-state index in [4.69, 9.17) is 0 Å². The van der Waals surface area contributed by atoms with Gasteiger partial charge in [-0.2, -0.15) is 4.31 Å². The molecule has 0 amide bonds. The Hall–Kier alpha value is -1.11. The van der Waals surface area contributed by atoms with E-state index in [0.717, 1.165) is 19.3 Å². The third kappa shape index (κ3) is 2.35. The van der Waals surface area contributed by atoms with Crippen LogP contribution in [0.2, 0.25) is 0 Å². The average molecular weight is 282 g/mol. The third-order valence-corrected chi connectivity index (χ3v) is 5.50. The molecule has 0 unspecified atom stereocenters. The highest BCUT2D eigenvalue weighted by Gasteiger charge is 2.30. The van der Waals surface area contributed by atoms with Crippen molar-refractivity contribution in [3.05, 3.63) is 30.1 Å². The summed E-state index contributed by atoms with van der Waals surface area (Å²) >= 11 is 0. The van der Waals surface area contributed by atoms with Gasteiger partial charge in [0.05, 0.1) is 6.61 Å². The van der Waals surface area contributed by atoms with E-state index in [1.807, 2.05) is 16.7 Å². The zero-order chi connectivity index (χ0) is 13.5. The van der Waals surface area contributed by atoms with Gasteiger partial charge in [-0.05, 0) is 25.3 Å².